The average molecular weight is 295 g/mol. The van der Waals surface area contributed by atoms with E-state index in [1.54, 1.807) is 32.9 Å². The first-order valence-corrected chi connectivity index (χ1v) is 6.76. The van der Waals surface area contributed by atoms with E-state index in [1.807, 2.05) is 19.1 Å². The van der Waals surface area contributed by atoms with Gasteiger partial charge in [0.05, 0.1) is 12.5 Å². The average Bonchev–Trinajstić information content (AvgIpc) is 2.31. The van der Waals surface area contributed by atoms with Gasteiger partial charge in [-0.2, -0.15) is 5.26 Å². The van der Waals surface area contributed by atoms with Crippen molar-refractivity contribution in [2.24, 2.45) is 0 Å². The molecule has 0 aliphatic heterocycles. The highest BCUT2D eigenvalue weighted by molar-refractivity contribution is 6.31. The van der Waals surface area contributed by atoms with Gasteiger partial charge < -0.3 is 4.74 Å². The molecule has 0 unspecified atom stereocenters. The highest BCUT2D eigenvalue weighted by Gasteiger charge is 2.23. The fraction of sp³-hybridized carbons (Fsp3) is 0.467. The Bertz CT molecular complexity index is 530. The lowest BCUT2D eigenvalue weighted by Gasteiger charge is -2.27. The monoisotopic (exact) mass is 294 g/mol. The van der Waals surface area contributed by atoms with E-state index in [0.717, 1.165) is 5.56 Å². The fourth-order valence-corrected chi connectivity index (χ4v) is 1.73. The van der Waals surface area contributed by atoms with Crippen molar-refractivity contribution in [1.82, 2.24) is 0 Å². The van der Waals surface area contributed by atoms with Crippen LogP contribution in [0.4, 0.5) is 10.5 Å². The van der Waals surface area contributed by atoms with E-state index in [9.17, 15) is 4.79 Å². The van der Waals surface area contributed by atoms with Crippen LogP contribution in [0.1, 0.15) is 32.8 Å². The highest BCUT2D eigenvalue weighted by Crippen LogP contribution is 2.25. The van der Waals surface area contributed by atoms with Gasteiger partial charge in [0.25, 0.3) is 0 Å². The minimum atomic E-state index is -0.587. The molecule has 1 rings (SSSR count). The maximum atomic E-state index is 12.2. The normalized spacial score (nSPS) is 10.8. The molecule has 1 amide bonds. The SMILES string of the molecule is Cc1ccc(N(CCC#N)C(=O)OC(C)(C)C)cc1Cl. The first-order valence-electron chi connectivity index (χ1n) is 6.38. The van der Waals surface area contributed by atoms with E-state index in [4.69, 9.17) is 21.6 Å². The zero-order valence-corrected chi connectivity index (χ0v) is 13.0. The second kappa shape index (κ2) is 6.62. The smallest absolute Gasteiger partial charge is 0.414 e. The number of rotatable bonds is 3. The molecule has 0 spiro atoms. The van der Waals surface area contributed by atoms with E-state index in [0.29, 0.717) is 10.7 Å². The van der Waals surface area contributed by atoms with E-state index in [1.165, 1.54) is 4.90 Å². The van der Waals surface area contributed by atoms with Gasteiger partial charge in [-0.05, 0) is 45.4 Å². The summed E-state index contributed by atoms with van der Waals surface area (Å²) in [5.74, 6) is 0. The lowest BCUT2D eigenvalue weighted by molar-refractivity contribution is 0.0581. The van der Waals surface area contributed by atoms with Gasteiger partial charge in [0.15, 0.2) is 0 Å². The van der Waals surface area contributed by atoms with Crippen LogP contribution in [0.3, 0.4) is 0 Å². The molecule has 0 saturated heterocycles. The number of nitrogens with zero attached hydrogens (tertiary/aromatic N) is 2. The van der Waals surface area contributed by atoms with Crippen molar-refractivity contribution < 1.29 is 9.53 Å². The number of nitriles is 1. The Kier molecular flexibility index (Phi) is 5.41. The summed E-state index contributed by atoms with van der Waals surface area (Å²) in [6.07, 6.45) is -0.252. The topological polar surface area (TPSA) is 53.3 Å². The fourth-order valence-electron chi connectivity index (χ4n) is 1.55. The molecule has 0 radical (unpaired) electrons. The van der Waals surface area contributed by atoms with Crippen LogP contribution in [-0.4, -0.2) is 18.2 Å². The molecule has 0 heterocycles. The summed E-state index contributed by atoms with van der Waals surface area (Å²) in [7, 11) is 0. The van der Waals surface area contributed by atoms with E-state index in [-0.39, 0.29) is 13.0 Å². The van der Waals surface area contributed by atoms with Crippen LogP contribution in [0.2, 0.25) is 5.02 Å². The van der Waals surface area contributed by atoms with E-state index < -0.39 is 11.7 Å². The predicted molar refractivity (Wildman–Crippen MR) is 80.0 cm³/mol. The van der Waals surface area contributed by atoms with Gasteiger partial charge in [-0.25, -0.2) is 4.79 Å². The quantitative estimate of drug-likeness (QED) is 0.835. The van der Waals surface area contributed by atoms with Crippen LogP contribution in [0.15, 0.2) is 18.2 Å². The number of halogens is 1. The van der Waals surface area contributed by atoms with Gasteiger partial charge >= 0.3 is 6.09 Å². The Labute approximate surface area is 124 Å². The van der Waals surface area contributed by atoms with Crippen molar-refractivity contribution >= 4 is 23.4 Å². The van der Waals surface area contributed by atoms with Gasteiger partial charge in [0.2, 0.25) is 0 Å². The summed E-state index contributed by atoms with van der Waals surface area (Å²) in [5, 5.41) is 9.30. The molecule has 0 aliphatic carbocycles. The second-order valence-corrected chi connectivity index (χ2v) is 5.88. The number of hydrogen-bond donors (Lipinski definition) is 0. The van der Waals surface area contributed by atoms with Crippen LogP contribution in [0.5, 0.6) is 0 Å². The third-order valence-electron chi connectivity index (χ3n) is 2.53. The summed E-state index contributed by atoms with van der Waals surface area (Å²) in [5.41, 5.74) is 0.973. The van der Waals surface area contributed by atoms with Crippen LogP contribution in [0, 0.1) is 18.3 Å². The molecule has 20 heavy (non-hydrogen) atoms. The molecule has 0 aromatic heterocycles. The Morgan fingerprint density at radius 2 is 2.10 bits per heavy atom. The summed E-state index contributed by atoms with van der Waals surface area (Å²) in [6, 6.07) is 7.36. The molecule has 0 fully saturated rings. The van der Waals surface area contributed by atoms with Gasteiger partial charge in [0.1, 0.15) is 5.60 Å². The number of amides is 1. The highest BCUT2D eigenvalue weighted by atomic mass is 35.5. The minimum Gasteiger partial charge on any atom is -0.443 e. The Balaban J connectivity index is 3.02. The Morgan fingerprint density at radius 1 is 1.45 bits per heavy atom. The van der Waals surface area contributed by atoms with Crippen molar-refractivity contribution in [1.29, 1.82) is 5.26 Å². The Morgan fingerprint density at radius 3 is 2.60 bits per heavy atom. The largest absolute Gasteiger partial charge is 0.443 e. The van der Waals surface area contributed by atoms with Crippen molar-refractivity contribution in [2.75, 3.05) is 11.4 Å². The number of aryl methyl sites for hydroxylation is 1. The lowest BCUT2D eigenvalue weighted by Crippen LogP contribution is -2.37. The minimum absolute atomic E-state index is 0.227. The standard InChI is InChI=1S/C15H19ClN2O2/c1-11-6-7-12(10-13(11)16)18(9-5-8-17)14(19)20-15(2,3)4/h6-7,10H,5,9H2,1-4H3. The van der Waals surface area contributed by atoms with Crippen molar-refractivity contribution in [3.8, 4) is 6.07 Å². The molecular formula is C15H19ClN2O2. The number of carbonyl (C=O) groups is 1. The van der Waals surface area contributed by atoms with Gasteiger partial charge in [-0.15, -0.1) is 0 Å². The number of benzene rings is 1. The van der Waals surface area contributed by atoms with E-state index >= 15 is 0 Å². The number of anilines is 1. The summed E-state index contributed by atoms with van der Waals surface area (Å²) in [6.45, 7) is 7.56. The third kappa shape index (κ3) is 4.75. The first-order chi connectivity index (χ1) is 9.24. The molecule has 5 heteroatoms. The summed E-state index contributed by atoms with van der Waals surface area (Å²) >= 11 is 6.09. The third-order valence-corrected chi connectivity index (χ3v) is 2.94. The van der Waals surface area contributed by atoms with Crippen LogP contribution >= 0.6 is 11.6 Å². The maximum Gasteiger partial charge on any atom is 0.414 e. The number of ether oxygens (including phenoxy) is 1. The predicted octanol–water partition coefficient (Wildman–Crippen LogP) is 4.30. The number of carbonyl (C=O) groups excluding carboxylic acids is 1. The van der Waals surface area contributed by atoms with Gasteiger partial charge in [-0.1, -0.05) is 17.7 Å². The molecule has 108 valence electrons. The molecular weight excluding hydrogens is 276 g/mol. The van der Waals surface area contributed by atoms with Crippen molar-refractivity contribution in [3.63, 3.8) is 0 Å². The van der Waals surface area contributed by atoms with Crippen LogP contribution in [-0.2, 0) is 4.74 Å². The van der Waals surface area contributed by atoms with Crippen LogP contribution < -0.4 is 4.90 Å². The lowest BCUT2D eigenvalue weighted by atomic mass is 10.2. The van der Waals surface area contributed by atoms with Gasteiger partial charge in [0, 0.05) is 17.3 Å². The van der Waals surface area contributed by atoms with Gasteiger partial charge in [-0.3, -0.25) is 4.90 Å². The molecule has 0 N–H and O–H groups in total. The molecule has 0 saturated carbocycles. The molecule has 0 atom stereocenters. The molecule has 1 aromatic rings. The Hall–Kier alpha value is -1.73. The zero-order valence-electron chi connectivity index (χ0n) is 12.2. The van der Waals surface area contributed by atoms with E-state index in [2.05, 4.69) is 0 Å². The van der Waals surface area contributed by atoms with Crippen molar-refractivity contribution in [2.45, 2.75) is 39.7 Å². The first kappa shape index (κ1) is 16.3. The molecule has 0 aliphatic rings. The zero-order chi connectivity index (χ0) is 15.3. The second-order valence-electron chi connectivity index (χ2n) is 5.47. The maximum absolute atomic E-state index is 12.2. The molecule has 0 bridgehead atoms. The molecule has 4 nitrogen and oxygen atoms in total. The van der Waals surface area contributed by atoms with Crippen LogP contribution in [0.25, 0.3) is 0 Å². The van der Waals surface area contributed by atoms with Crippen molar-refractivity contribution in [3.05, 3.63) is 28.8 Å². The summed E-state index contributed by atoms with van der Waals surface area (Å²) < 4.78 is 5.36. The summed E-state index contributed by atoms with van der Waals surface area (Å²) in [4.78, 5) is 13.6. The molecule has 1 aromatic carbocycles. The number of hydrogen-bond acceptors (Lipinski definition) is 3.